The van der Waals surface area contributed by atoms with Crippen LogP contribution in [0.15, 0.2) is 18.2 Å². The van der Waals surface area contributed by atoms with Crippen LogP contribution in [0.25, 0.3) is 0 Å². The molecule has 0 radical (unpaired) electrons. The number of nitrogens with one attached hydrogen (secondary N) is 1. The Morgan fingerprint density at radius 1 is 1.35 bits per heavy atom. The molecule has 4 nitrogen and oxygen atoms in total. The number of nitrogens with zero attached hydrogens (tertiary/aromatic N) is 1. The van der Waals surface area contributed by atoms with Crippen molar-refractivity contribution in [1.29, 1.82) is 0 Å². The maximum atomic E-state index is 12.2. The van der Waals surface area contributed by atoms with Gasteiger partial charge in [0.2, 0.25) is 11.8 Å². The molecule has 0 saturated carbocycles. The van der Waals surface area contributed by atoms with Crippen molar-refractivity contribution in [3.8, 4) is 0 Å². The molecule has 4 heteroatoms. The standard InChI is InChI=1S/C16H22N2O2/c1-10(2)17-14(19)9-11-6-7-13-12(8-11)16(3,4)15(20)18(13)5/h6-8,10H,9H2,1-5H3,(H,17,19). The fraction of sp³-hybridized carbons (Fsp3) is 0.500. The molecule has 0 unspecified atom stereocenters. The van der Waals surface area contributed by atoms with Gasteiger partial charge in [0.05, 0.1) is 11.8 Å². The van der Waals surface area contributed by atoms with E-state index in [2.05, 4.69) is 5.32 Å². The summed E-state index contributed by atoms with van der Waals surface area (Å²) < 4.78 is 0. The minimum absolute atomic E-state index is 0.00966. The molecular weight excluding hydrogens is 252 g/mol. The first-order chi connectivity index (χ1) is 9.23. The van der Waals surface area contributed by atoms with Crippen LogP contribution in [-0.4, -0.2) is 24.9 Å². The number of rotatable bonds is 3. The molecule has 1 heterocycles. The lowest BCUT2D eigenvalue weighted by molar-refractivity contribution is -0.122. The van der Waals surface area contributed by atoms with E-state index in [9.17, 15) is 9.59 Å². The highest BCUT2D eigenvalue weighted by atomic mass is 16.2. The van der Waals surface area contributed by atoms with Gasteiger partial charge < -0.3 is 10.2 Å². The molecule has 1 aromatic carbocycles. The topological polar surface area (TPSA) is 49.4 Å². The second-order valence-electron chi connectivity index (χ2n) is 6.24. The smallest absolute Gasteiger partial charge is 0.236 e. The van der Waals surface area contributed by atoms with Crippen LogP contribution in [0.5, 0.6) is 0 Å². The van der Waals surface area contributed by atoms with Crippen LogP contribution in [0.1, 0.15) is 38.8 Å². The zero-order valence-electron chi connectivity index (χ0n) is 12.8. The Morgan fingerprint density at radius 2 is 2.00 bits per heavy atom. The van der Waals surface area contributed by atoms with Gasteiger partial charge in [0.1, 0.15) is 0 Å². The first kappa shape index (κ1) is 14.6. The highest BCUT2D eigenvalue weighted by molar-refractivity contribution is 6.07. The molecule has 20 heavy (non-hydrogen) atoms. The molecule has 1 N–H and O–H groups in total. The van der Waals surface area contributed by atoms with Gasteiger partial charge in [-0.15, -0.1) is 0 Å². The molecule has 1 aliphatic heterocycles. The van der Waals surface area contributed by atoms with Gasteiger partial charge in [-0.1, -0.05) is 12.1 Å². The second-order valence-corrected chi connectivity index (χ2v) is 6.24. The van der Waals surface area contributed by atoms with Crippen LogP contribution >= 0.6 is 0 Å². The minimum atomic E-state index is -0.519. The van der Waals surface area contributed by atoms with Crippen molar-refractivity contribution in [3.05, 3.63) is 29.3 Å². The lowest BCUT2D eigenvalue weighted by Crippen LogP contribution is -2.33. The quantitative estimate of drug-likeness (QED) is 0.916. The Hall–Kier alpha value is -1.84. The maximum Gasteiger partial charge on any atom is 0.236 e. The zero-order valence-corrected chi connectivity index (χ0v) is 12.8. The molecule has 0 fully saturated rings. The summed E-state index contributed by atoms with van der Waals surface area (Å²) in [5.41, 5.74) is 2.36. The number of carbonyl (C=O) groups excluding carboxylic acids is 2. The summed E-state index contributed by atoms with van der Waals surface area (Å²) in [6.07, 6.45) is 0.347. The number of amides is 2. The van der Waals surface area contributed by atoms with Crippen LogP contribution in [0.3, 0.4) is 0 Å². The third kappa shape index (κ3) is 2.42. The number of anilines is 1. The van der Waals surface area contributed by atoms with Gasteiger partial charge in [-0.05, 0) is 44.9 Å². The first-order valence-electron chi connectivity index (χ1n) is 6.94. The van der Waals surface area contributed by atoms with Crippen molar-refractivity contribution in [1.82, 2.24) is 5.32 Å². The van der Waals surface area contributed by atoms with Crippen molar-refractivity contribution in [2.24, 2.45) is 0 Å². The van der Waals surface area contributed by atoms with E-state index < -0.39 is 5.41 Å². The third-order valence-electron chi connectivity index (χ3n) is 3.75. The summed E-state index contributed by atoms with van der Waals surface area (Å²) in [6, 6.07) is 5.97. The Kier molecular flexibility index (Phi) is 3.59. The Balaban J connectivity index is 2.28. The minimum Gasteiger partial charge on any atom is -0.354 e. The summed E-state index contributed by atoms with van der Waals surface area (Å²) in [6.45, 7) is 7.74. The Labute approximate surface area is 120 Å². The SMILES string of the molecule is CC(C)NC(=O)Cc1ccc2c(c1)C(C)(C)C(=O)N2C. The predicted molar refractivity (Wildman–Crippen MR) is 79.9 cm³/mol. The molecule has 1 aliphatic rings. The monoisotopic (exact) mass is 274 g/mol. The van der Waals surface area contributed by atoms with Gasteiger partial charge in [0.15, 0.2) is 0 Å². The fourth-order valence-corrected chi connectivity index (χ4v) is 2.69. The van der Waals surface area contributed by atoms with E-state index in [4.69, 9.17) is 0 Å². The maximum absolute atomic E-state index is 12.2. The lowest BCUT2D eigenvalue weighted by atomic mass is 9.85. The van der Waals surface area contributed by atoms with E-state index >= 15 is 0 Å². The normalized spacial score (nSPS) is 16.5. The lowest BCUT2D eigenvalue weighted by Gasteiger charge is -2.16. The van der Waals surface area contributed by atoms with Gasteiger partial charge in [0.25, 0.3) is 0 Å². The van der Waals surface area contributed by atoms with Crippen LogP contribution in [0.2, 0.25) is 0 Å². The molecular formula is C16H22N2O2. The summed E-state index contributed by atoms with van der Waals surface area (Å²) in [5.74, 6) is 0.103. The molecule has 0 saturated heterocycles. The summed E-state index contributed by atoms with van der Waals surface area (Å²) in [7, 11) is 1.79. The van der Waals surface area contributed by atoms with Crippen LogP contribution < -0.4 is 10.2 Å². The predicted octanol–water partition coefficient (Wildman–Crippen LogP) is 2.01. The second kappa shape index (κ2) is 4.93. The van der Waals surface area contributed by atoms with E-state index in [0.717, 1.165) is 16.8 Å². The van der Waals surface area contributed by atoms with Crippen molar-refractivity contribution < 1.29 is 9.59 Å². The van der Waals surface area contributed by atoms with Crippen molar-refractivity contribution >= 4 is 17.5 Å². The van der Waals surface area contributed by atoms with Crippen LogP contribution in [0.4, 0.5) is 5.69 Å². The number of fused-ring (bicyclic) bond motifs is 1. The summed E-state index contributed by atoms with van der Waals surface area (Å²) in [4.78, 5) is 25.7. The van der Waals surface area contributed by atoms with E-state index in [0.29, 0.717) is 6.42 Å². The average molecular weight is 274 g/mol. The molecule has 0 aliphatic carbocycles. The molecule has 0 aromatic heterocycles. The fourth-order valence-electron chi connectivity index (χ4n) is 2.69. The van der Waals surface area contributed by atoms with E-state index in [1.807, 2.05) is 45.9 Å². The molecule has 1 aromatic rings. The Morgan fingerprint density at radius 3 is 2.60 bits per heavy atom. The molecule has 2 rings (SSSR count). The Bertz CT molecular complexity index is 562. The number of likely N-dealkylation sites (N-methyl/N-ethyl adjacent to an activating group) is 1. The van der Waals surface area contributed by atoms with E-state index in [1.54, 1.807) is 11.9 Å². The number of hydrogen-bond donors (Lipinski definition) is 1. The first-order valence-corrected chi connectivity index (χ1v) is 6.94. The van der Waals surface area contributed by atoms with Crippen LogP contribution in [-0.2, 0) is 21.4 Å². The van der Waals surface area contributed by atoms with Gasteiger partial charge in [-0.25, -0.2) is 0 Å². The molecule has 108 valence electrons. The van der Waals surface area contributed by atoms with Gasteiger partial charge in [-0.3, -0.25) is 9.59 Å². The highest BCUT2D eigenvalue weighted by Crippen LogP contribution is 2.41. The molecule has 2 amide bonds. The third-order valence-corrected chi connectivity index (χ3v) is 3.75. The summed E-state index contributed by atoms with van der Waals surface area (Å²) in [5, 5.41) is 2.88. The van der Waals surface area contributed by atoms with E-state index in [-0.39, 0.29) is 17.9 Å². The number of benzene rings is 1. The summed E-state index contributed by atoms with van der Waals surface area (Å²) >= 11 is 0. The van der Waals surface area contributed by atoms with Crippen molar-refractivity contribution in [2.45, 2.75) is 45.6 Å². The van der Waals surface area contributed by atoms with E-state index in [1.165, 1.54) is 0 Å². The van der Waals surface area contributed by atoms with Crippen molar-refractivity contribution in [2.75, 3.05) is 11.9 Å². The van der Waals surface area contributed by atoms with Gasteiger partial charge in [-0.2, -0.15) is 0 Å². The molecule has 0 atom stereocenters. The van der Waals surface area contributed by atoms with Gasteiger partial charge >= 0.3 is 0 Å². The molecule has 0 bridgehead atoms. The van der Waals surface area contributed by atoms with Crippen LogP contribution in [0, 0.1) is 0 Å². The van der Waals surface area contributed by atoms with Crippen molar-refractivity contribution in [3.63, 3.8) is 0 Å². The van der Waals surface area contributed by atoms with Gasteiger partial charge in [0, 0.05) is 18.8 Å². The highest BCUT2D eigenvalue weighted by Gasteiger charge is 2.42. The number of hydrogen-bond acceptors (Lipinski definition) is 2. The molecule has 0 spiro atoms. The largest absolute Gasteiger partial charge is 0.354 e. The average Bonchev–Trinajstić information content (AvgIpc) is 2.50. The number of carbonyl (C=O) groups is 2. The zero-order chi connectivity index (χ0) is 15.1.